The number of ether oxygens (including phenoxy) is 2. The molecule has 34 heavy (non-hydrogen) atoms. The van der Waals surface area contributed by atoms with E-state index in [1.165, 1.54) is 0 Å². The lowest BCUT2D eigenvalue weighted by molar-refractivity contribution is -0.117. The van der Waals surface area contributed by atoms with E-state index >= 15 is 0 Å². The van der Waals surface area contributed by atoms with Crippen LogP contribution in [-0.2, 0) is 17.8 Å². The highest BCUT2D eigenvalue weighted by Crippen LogP contribution is 2.27. The number of carbonyl (C=O) groups is 1. The molecule has 0 aliphatic heterocycles. The number of benzene rings is 2. The molecule has 0 bridgehead atoms. The minimum atomic E-state index is -0.430. The molecule has 1 N–H and O–H groups in total. The zero-order valence-electron chi connectivity index (χ0n) is 19.7. The third kappa shape index (κ3) is 5.77. The van der Waals surface area contributed by atoms with Crippen LogP contribution in [0.4, 0.5) is 0 Å². The maximum atomic E-state index is 12.7. The molecule has 7 nitrogen and oxygen atoms in total. The third-order valence-electron chi connectivity index (χ3n) is 5.52. The van der Waals surface area contributed by atoms with Crippen LogP contribution in [0.3, 0.4) is 0 Å². The van der Waals surface area contributed by atoms with Crippen LogP contribution in [0.25, 0.3) is 6.08 Å². The monoisotopic (exact) mass is 478 g/mol. The molecule has 0 saturated heterocycles. The van der Waals surface area contributed by atoms with Crippen molar-refractivity contribution < 1.29 is 14.3 Å². The Balaban J connectivity index is 1.70. The summed E-state index contributed by atoms with van der Waals surface area (Å²) in [5.41, 5.74) is 4.28. The van der Waals surface area contributed by atoms with Gasteiger partial charge in [0.2, 0.25) is 0 Å². The van der Waals surface area contributed by atoms with Gasteiger partial charge in [-0.2, -0.15) is 10.4 Å². The normalized spacial score (nSPS) is 11.1. The summed E-state index contributed by atoms with van der Waals surface area (Å²) in [6.07, 6.45) is 2.17. The third-order valence-corrected chi connectivity index (χ3v) is 5.89. The van der Waals surface area contributed by atoms with E-state index in [-0.39, 0.29) is 5.57 Å². The minimum Gasteiger partial charge on any atom is -0.493 e. The van der Waals surface area contributed by atoms with Gasteiger partial charge in [0.15, 0.2) is 11.5 Å². The number of nitrogens with zero attached hydrogens (tertiary/aromatic N) is 3. The standard InChI is InChI=1S/C26H27ClN4O3/c1-17-22(18(2)31(30-17)16-20-7-5-6-8-23(20)27)14-21(15-28)26(32)29-12-11-19-9-10-24(33-3)25(13-19)34-4/h5-10,13-14H,11-12,16H2,1-4H3,(H,29,32)/b21-14+. The molecule has 8 heteroatoms. The molecule has 0 atom stereocenters. The Bertz CT molecular complexity index is 1260. The van der Waals surface area contributed by atoms with E-state index in [0.29, 0.717) is 36.0 Å². The molecule has 0 unspecified atom stereocenters. The molecule has 0 aliphatic carbocycles. The van der Waals surface area contributed by atoms with Crippen LogP contribution in [0.2, 0.25) is 5.02 Å². The maximum Gasteiger partial charge on any atom is 0.261 e. The van der Waals surface area contributed by atoms with Crippen LogP contribution in [0, 0.1) is 25.2 Å². The van der Waals surface area contributed by atoms with Crippen molar-refractivity contribution in [3.63, 3.8) is 0 Å². The van der Waals surface area contributed by atoms with Crippen LogP contribution in [0.5, 0.6) is 11.5 Å². The maximum absolute atomic E-state index is 12.7. The van der Waals surface area contributed by atoms with Crippen molar-refractivity contribution in [1.82, 2.24) is 15.1 Å². The van der Waals surface area contributed by atoms with Crippen molar-refractivity contribution in [2.45, 2.75) is 26.8 Å². The molecular weight excluding hydrogens is 452 g/mol. The molecule has 3 aromatic rings. The first-order valence-electron chi connectivity index (χ1n) is 10.8. The van der Waals surface area contributed by atoms with Crippen molar-refractivity contribution in [2.75, 3.05) is 20.8 Å². The number of hydrogen-bond acceptors (Lipinski definition) is 5. The van der Waals surface area contributed by atoms with Gasteiger partial charge in [0, 0.05) is 22.8 Å². The van der Waals surface area contributed by atoms with E-state index in [9.17, 15) is 10.1 Å². The number of aromatic nitrogens is 2. The number of rotatable bonds is 9. The second-order valence-electron chi connectivity index (χ2n) is 7.70. The van der Waals surface area contributed by atoms with Gasteiger partial charge in [-0.15, -0.1) is 0 Å². The molecule has 0 spiro atoms. The number of aryl methyl sites for hydroxylation is 1. The molecular formula is C26H27ClN4O3. The molecule has 0 fully saturated rings. The van der Waals surface area contributed by atoms with E-state index in [4.69, 9.17) is 21.1 Å². The van der Waals surface area contributed by atoms with E-state index in [1.807, 2.05) is 67.1 Å². The molecule has 0 aliphatic rings. The van der Waals surface area contributed by atoms with Crippen LogP contribution in [0.1, 0.15) is 28.1 Å². The van der Waals surface area contributed by atoms with Crippen LogP contribution >= 0.6 is 11.6 Å². The number of nitriles is 1. The van der Waals surface area contributed by atoms with Crippen molar-refractivity contribution in [3.05, 3.63) is 81.1 Å². The average molecular weight is 479 g/mol. The van der Waals surface area contributed by atoms with Crippen molar-refractivity contribution in [1.29, 1.82) is 5.26 Å². The summed E-state index contributed by atoms with van der Waals surface area (Å²) in [7, 11) is 3.16. The highest BCUT2D eigenvalue weighted by Gasteiger charge is 2.15. The first-order chi connectivity index (χ1) is 16.4. The number of methoxy groups -OCH3 is 2. The van der Waals surface area contributed by atoms with Gasteiger partial charge in [-0.05, 0) is 55.7 Å². The number of hydrogen-bond donors (Lipinski definition) is 1. The van der Waals surface area contributed by atoms with Gasteiger partial charge >= 0.3 is 0 Å². The van der Waals surface area contributed by atoms with Gasteiger partial charge in [0.1, 0.15) is 11.6 Å². The molecule has 3 rings (SSSR count). The molecule has 2 aromatic carbocycles. The van der Waals surface area contributed by atoms with E-state index in [0.717, 1.165) is 28.1 Å². The van der Waals surface area contributed by atoms with Crippen molar-refractivity contribution >= 4 is 23.6 Å². The second kappa shape index (κ2) is 11.4. The van der Waals surface area contributed by atoms with E-state index in [2.05, 4.69) is 10.4 Å². The lowest BCUT2D eigenvalue weighted by Crippen LogP contribution is -2.26. The predicted molar refractivity (Wildman–Crippen MR) is 132 cm³/mol. The summed E-state index contributed by atoms with van der Waals surface area (Å²) in [5.74, 6) is 0.843. The quantitative estimate of drug-likeness (QED) is 0.361. The Labute approximate surface area is 204 Å². The summed E-state index contributed by atoms with van der Waals surface area (Å²) in [4.78, 5) is 12.7. The molecule has 1 amide bonds. The second-order valence-corrected chi connectivity index (χ2v) is 8.11. The lowest BCUT2D eigenvalue weighted by atomic mass is 10.1. The highest BCUT2D eigenvalue weighted by atomic mass is 35.5. The van der Waals surface area contributed by atoms with Gasteiger partial charge in [-0.3, -0.25) is 9.48 Å². The van der Waals surface area contributed by atoms with Gasteiger partial charge in [-0.1, -0.05) is 35.9 Å². The first kappa shape index (κ1) is 24.9. The van der Waals surface area contributed by atoms with Crippen molar-refractivity contribution in [3.8, 4) is 17.6 Å². The fourth-order valence-electron chi connectivity index (χ4n) is 3.61. The largest absolute Gasteiger partial charge is 0.493 e. The number of carbonyl (C=O) groups excluding carboxylic acids is 1. The fourth-order valence-corrected chi connectivity index (χ4v) is 3.80. The molecule has 0 saturated carbocycles. The summed E-state index contributed by atoms with van der Waals surface area (Å²) in [6.45, 7) is 4.63. The van der Waals surface area contributed by atoms with Gasteiger partial charge in [-0.25, -0.2) is 0 Å². The summed E-state index contributed by atoms with van der Waals surface area (Å²) >= 11 is 6.28. The topological polar surface area (TPSA) is 89.2 Å². The predicted octanol–water partition coefficient (Wildman–Crippen LogP) is 4.48. The van der Waals surface area contributed by atoms with Crippen LogP contribution < -0.4 is 14.8 Å². The lowest BCUT2D eigenvalue weighted by Gasteiger charge is -2.10. The van der Waals surface area contributed by atoms with Gasteiger partial charge in [0.25, 0.3) is 5.91 Å². The number of amides is 1. The Hall–Kier alpha value is -3.76. The SMILES string of the molecule is COc1ccc(CCNC(=O)/C(C#N)=C/c2c(C)nn(Cc3ccccc3Cl)c2C)cc1OC. The minimum absolute atomic E-state index is 0.0239. The summed E-state index contributed by atoms with van der Waals surface area (Å²) in [6, 6.07) is 15.2. The fraction of sp³-hybridized carbons (Fsp3) is 0.269. The highest BCUT2D eigenvalue weighted by molar-refractivity contribution is 6.31. The Kier molecular flexibility index (Phi) is 8.34. The molecule has 1 heterocycles. The molecule has 176 valence electrons. The Morgan fingerprint density at radius 3 is 2.59 bits per heavy atom. The number of nitrogens with one attached hydrogen (secondary N) is 1. The zero-order valence-corrected chi connectivity index (χ0v) is 20.4. The average Bonchev–Trinajstić information content (AvgIpc) is 3.10. The molecule has 0 radical (unpaired) electrons. The van der Waals surface area contributed by atoms with E-state index < -0.39 is 5.91 Å². The number of halogens is 1. The van der Waals surface area contributed by atoms with Crippen LogP contribution in [0.15, 0.2) is 48.0 Å². The Morgan fingerprint density at radius 2 is 1.91 bits per heavy atom. The van der Waals surface area contributed by atoms with Gasteiger partial charge in [0.05, 0.1) is 26.5 Å². The summed E-state index contributed by atoms with van der Waals surface area (Å²) < 4.78 is 12.4. The summed E-state index contributed by atoms with van der Waals surface area (Å²) in [5, 5.41) is 17.7. The van der Waals surface area contributed by atoms with E-state index in [1.54, 1.807) is 20.3 Å². The molecule has 1 aromatic heterocycles. The first-order valence-corrected chi connectivity index (χ1v) is 11.1. The van der Waals surface area contributed by atoms with Gasteiger partial charge < -0.3 is 14.8 Å². The Morgan fingerprint density at radius 1 is 1.18 bits per heavy atom. The van der Waals surface area contributed by atoms with Crippen LogP contribution in [-0.4, -0.2) is 36.5 Å². The van der Waals surface area contributed by atoms with Crippen molar-refractivity contribution in [2.24, 2.45) is 0 Å². The smallest absolute Gasteiger partial charge is 0.261 e. The zero-order chi connectivity index (χ0) is 24.7.